The van der Waals surface area contributed by atoms with Crippen LogP contribution in [0.5, 0.6) is 0 Å². The van der Waals surface area contributed by atoms with Crippen LogP contribution in [0.4, 0.5) is 4.39 Å². The van der Waals surface area contributed by atoms with Crippen LogP contribution >= 0.6 is 22.9 Å². The highest BCUT2D eigenvalue weighted by atomic mass is 35.5. The van der Waals surface area contributed by atoms with Gasteiger partial charge in [-0.3, -0.25) is 4.79 Å². The molecule has 1 heterocycles. The molecule has 1 aromatic carbocycles. The first-order valence-electron chi connectivity index (χ1n) is 5.48. The van der Waals surface area contributed by atoms with Crippen molar-refractivity contribution in [2.24, 2.45) is 0 Å². The number of nitriles is 1. The normalized spacial score (nSPS) is 11.9. The van der Waals surface area contributed by atoms with Gasteiger partial charge in [-0.2, -0.15) is 5.26 Å². The average Bonchev–Trinajstić information content (AvgIpc) is 2.79. The van der Waals surface area contributed by atoms with Gasteiger partial charge in [0.05, 0.1) is 10.9 Å². The average molecular weight is 294 g/mol. The number of rotatable bonds is 3. The molecule has 1 unspecified atom stereocenters. The Labute approximate surface area is 119 Å². The molecule has 1 aromatic heterocycles. The maximum atomic E-state index is 13.0. The first-order chi connectivity index (χ1) is 9.02. The number of benzene rings is 1. The molecule has 0 aliphatic carbocycles. The monoisotopic (exact) mass is 293 g/mol. The number of aryl methyl sites for hydroxylation is 1. The fourth-order valence-corrected chi connectivity index (χ4v) is 2.83. The zero-order valence-corrected chi connectivity index (χ0v) is 11.6. The molecule has 0 N–H and O–H groups in total. The number of Topliss-reactive ketones (excluding diaryl/α,β-unsaturated/α-hetero) is 1. The molecule has 19 heavy (non-hydrogen) atoms. The second-order valence-electron chi connectivity index (χ2n) is 4.00. The van der Waals surface area contributed by atoms with Crippen LogP contribution in [0, 0.1) is 24.1 Å². The molecule has 96 valence electrons. The summed E-state index contributed by atoms with van der Waals surface area (Å²) >= 11 is 7.23. The minimum absolute atomic E-state index is 0.0909. The molecule has 0 saturated heterocycles. The van der Waals surface area contributed by atoms with Gasteiger partial charge in [-0.1, -0.05) is 17.7 Å². The lowest BCUT2D eigenvalue weighted by Crippen LogP contribution is -2.10. The van der Waals surface area contributed by atoms with Gasteiger partial charge in [-0.25, -0.2) is 4.39 Å². The molecule has 5 heteroatoms. The van der Waals surface area contributed by atoms with Crippen LogP contribution in [0.2, 0.25) is 5.02 Å². The van der Waals surface area contributed by atoms with Crippen LogP contribution in [-0.2, 0) is 0 Å². The Morgan fingerprint density at radius 2 is 2.16 bits per heavy atom. The lowest BCUT2D eigenvalue weighted by atomic mass is 9.95. The summed E-state index contributed by atoms with van der Waals surface area (Å²) < 4.78 is 13.0. The summed E-state index contributed by atoms with van der Waals surface area (Å²) in [5.41, 5.74) is 0.335. The van der Waals surface area contributed by atoms with Gasteiger partial charge >= 0.3 is 0 Å². The maximum Gasteiger partial charge on any atom is 0.194 e. The van der Waals surface area contributed by atoms with Crippen molar-refractivity contribution in [2.75, 3.05) is 0 Å². The van der Waals surface area contributed by atoms with Crippen molar-refractivity contribution in [1.29, 1.82) is 5.26 Å². The summed E-state index contributed by atoms with van der Waals surface area (Å²) in [5.74, 6) is -1.81. The van der Waals surface area contributed by atoms with E-state index in [4.69, 9.17) is 11.6 Å². The Morgan fingerprint density at radius 1 is 1.42 bits per heavy atom. The van der Waals surface area contributed by atoms with Gasteiger partial charge in [0.1, 0.15) is 11.7 Å². The highest BCUT2D eigenvalue weighted by Gasteiger charge is 2.25. The summed E-state index contributed by atoms with van der Waals surface area (Å²) in [6.45, 7) is 1.88. The van der Waals surface area contributed by atoms with Gasteiger partial charge in [0, 0.05) is 9.90 Å². The van der Waals surface area contributed by atoms with Crippen LogP contribution in [-0.4, -0.2) is 5.78 Å². The molecule has 0 amide bonds. The van der Waals surface area contributed by atoms with E-state index in [1.807, 2.05) is 19.1 Å². The van der Waals surface area contributed by atoms with E-state index in [0.29, 0.717) is 10.4 Å². The van der Waals surface area contributed by atoms with Crippen molar-refractivity contribution >= 4 is 28.7 Å². The molecule has 0 saturated carbocycles. The van der Waals surface area contributed by atoms with E-state index in [1.165, 1.54) is 23.5 Å². The molecule has 2 aromatic rings. The molecule has 0 spiro atoms. The van der Waals surface area contributed by atoms with Gasteiger partial charge in [0.2, 0.25) is 0 Å². The summed E-state index contributed by atoms with van der Waals surface area (Å²) in [7, 11) is 0. The minimum Gasteiger partial charge on any atom is -0.291 e. The summed E-state index contributed by atoms with van der Waals surface area (Å²) in [5, 5.41) is 9.28. The fraction of sp³-hybridized carbons (Fsp3) is 0.143. The fourth-order valence-electron chi connectivity index (χ4n) is 1.71. The summed E-state index contributed by atoms with van der Waals surface area (Å²) in [6, 6.07) is 9.12. The number of ketones is 1. The van der Waals surface area contributed by atoms with E-state index in [0.717, 1.165) is 10.9 Å². The minimum atomic E-state index is -1.01. The Hall–Kier alpha value is -1.70. The number of hydrogen-bond acceptors (Lipinski definition) is 3. The third-order valence-electron chi connectivity index (χ3n) is 2.65. The first-order valence-corrected chi connectivity index (χ1v) is 6.67. The van der Waals surface area contributed by atoms with Crippen molar-refractivity contribution < 1.29 is 9.18 Å². The van der Waals surface area contributed by atoms with Gasteiger partial charge in [-0.05, 0) is 36.8 Å². The number of halogens is 2. The van der Waals surface area contributed by atoms with E-state index in [1.54, 1.807) is 6.07 Å². The number of hydrogen-bond donors (Lipinski definition) is 0. The van der Waals surface area contributed by atoms with Crippen LogP contribution in [0.1, 0.15) is 26.0 Å². The number of carbonyl (C=O) groups is 1. The van der Waals surface area contributed by atoms with E-state index >= 15 is 0 Å². The van der Waals surface area contributed by atoms with E-state index in [-0.39, 0.29) is 10.8 Å². The molecule has 0 radical (unpaired) electrons. The Bertz CT molecular complexity index is 674. The molecule has 0 aliphatic heterocycles. The third-order valence-corrected chi connectivity index (χ3v) is 3.99. The predicted octanol–water partition coefficient (Wildman–Crippen LogP) is 4.34. The van der Waals surface area contributed by atoms with Crippen LogP contribution in [0.15, 0.2) is 30.3 Å². The molecule has 0 bridgehead atoms. The number of thiophene rings is 1. The number of carbonyl (C=O) groups excluding carboxylic acids is 1. The third kappa shape index (κ3) is 2.83. The highest BCUT2D eigenvalue weighted by Crippen LogP contribution is 2.29. The molecule has 2 nitrogen and oxygen atoms in total. The number of nitrogens with zero attached hydrogens (tertiary/aromatic N) is 1. The van der Waals surface area contributed by atoms with Gasteiger partial charge in [0.25, 0.3) is 0 Å². The van der Waals surface area contributed by atoms with Crippen molar-refractivity contribution in [1.82, 2.24) is 0 Å². The van der Waals surface area contributed by atoms with Gasteiger partial charge in [-0.15, -0.1) is 11.3 Å². The lowest BCUT2D eigenvalue weighted by molar-refractivity contribution is 0.0982. The zero-order chi connectivity index (χ0) is 14.0. The quantitative estimate of drug-likeness (QED) is 0.790. The van der Waals surface area contributed by atoms with E-state index in [2.05, 4.69) is 0 Å². The lowest BCUT2D eigenvalue weighted by Gasteiger charge is -2.09. The Kier molecular flexibility index (Phi) is 3.98. The zero-order valence-electron chi connectivity index (χ0n) is 9.98. The topological polar surface area (TPSA) is 40.9 Å². The molecular weight excluding hydrogens is 285 g/mol. The molecule has 1 atom stereocenters. The maximum absolute atomic E-state index is 13.0. The van der Waals surface area contributed by atoms with E-state index < -0.39 is 11.7 Å². The van der Waals surface area contributed by atoms with Crippen LogP contribution in [0.3, 0.4) is 0 Å². The molecule has 0 fully saturated rings. The largest absolute Gasteiger partial charge is 0.291 e. The second kappa shape index (κ2) is 5.52. The first kappa shape index (κ1) is 13.7. The van der Waals surface area contributed by atoms with Crippen molar-refractivity contribution in [3.8, 4) is 6.07 Å². The second-order valence-corrected chi connectivity index (χ2v) is 5.70. The standard InChI is InChI=1S/C14H9ClFNOS/c1-8-2-5-13(19-8)14(18)11(7-17)10-4-3-9(16)6-12(10)15/h2-6,11H,1H3. The molecule has 0 aliphatic rings. The van der Waals surface area contributed by atoms with E-state index in [9.17, 15) is 14.4 Å². The summed E-state index contributed by atoms with van der Waals surface area (Å²) in [6.07, 6.45) is 0. The van der Waals surface area contributed by atoms with Gasteiger partial charge < -0.3 is 0 Å². The van der Waals surface area contributed by atoms with Crippen LogP contribution < -0.4 is 0 Å². The Morgan fingerprint density at radius 3 is 2.68 bits per heavy atom. The predicted molar refractivity (Wildman–Crippen MR) is 73.2 cm³/mol. The van der Waals surface area contributed by atoms with Crippen molar-refractivity contribution in [2.45, 2.75) is 12.8 Å². The molecule has 2 rings (SSSR count). The van der Waals surface area contributed by atoms with Crippen molar-refractivity contribution in [3.05, 3.63) is 56.5 Å². The molecular formula is C14H9ClFNOS. The van der Waals surface area contributed by atoms with Crippen molar-refractivity contribution in [3.63, 3.8) is 0 Å². The smallest absolute Gasteiger partial charge is 0.194 e. The Balaban J connectivity index is 2.40. The van der Waals surface area contributed by atoms with Gasteiger partial charge in [0.15, 0.2) is 5.78 Å². The SMILES string of the molecule is Cc1ccc(C(=O)C(C#N)c2ccc(F)cc2Cl)s1. The highest BCUT2D eigenvalue weighted by molar-refractivity contribution is 7.14. The van der Waals surface area contributed by atoms with Crippen LogP contribution in [0.25, 0.3) is 0 Å². The summed E-state index contributed by atoms with van der Waals surface area (Å²) in [4.78, 5) is 13.8.